The molecule has 0 amide bonds. The van der Waals surface area contributed by atoms with Crippen molar-refractivity contribution in [1.82, 2.24) is 19.6 Å². The summed E-state index contributed by atoms with van der Waals surface area (Å²) in [6.07, 6.45) is 1.42. The van der Waals surface area contributed by atoms with E-state index < -0.39 is 4.92 Å². The third-order valence-electron chi connectivity index (χ3n) is 5.02. The van der Waals surface area contributed by atoms with E-state index >= 15 is 0 Å². The van der Waals surface area contributed by atoms with Crippen LogP contribution < -0.4 is 0 Å². The van der Waals surface area contributed by atoms with Crippen LogP contribution in [0.3, 0.4) is 0 Å². The number of benzene rings is 3. The molecule has 0 unspecified atom stereocenters. The average molecular weight is 421 g/mol. The van der Waals surface area contributed by atoms with Crippen molar-refractivity contribution < 1.29 is 9.72 Å². The monoisotopic (exact) mass is 421 g/mol. The van der Waals surface area contributed by atoms with Crippen LogP contribution in [0.4, 0.5) is 5.69 Å². The van der Waals surface area contributed by atoms with E-state index in [-0.39, 0.29) is 22.9 Å². The van der Waals surface area contributed by atoms with E-state index in [9.17, 15) is 14.9 Å². The fraction of sp³-hybridized carbons (Fsp3) is 0. The third kappa shape index (κ3) is 3.39. The number of carbonyl (C=O) groups excluding carboxylic acids is 1. The minimum Gasteiger partial charge on any atom is -0.287 e. The number of hydrogen-bond acceptors (Lipinski definition) is 6. The minimum absolute atomic E-state index is 0.0849. The van der Waals surface area contributed by atoms with Crippen molar-refractivity contribution in [2.45, 2.75) is 0 Å². The van der Waals surface area contributed by atoms with E-state index in [0.717, 1.165) is 11.1 Å². The summed E-state index contributed by atoms with van der Waals surface area (Å²) < 4.78 is 1.42. The summed E-state index contributed by atoms with van der Waals surface area (Å²) in [7, 11) is 0. The van der Waals surface area contributed by atoms with Crippen LogP contribution in [0, 0.1) is 10.1 Å². The number of fused-ring (bicyclic) bond motifs is 1. The van der Waals surface area contributed by atoms with Crippen LogP contribution in [0.15, 0.2) is 91.1 Å². The lowest BCUT2D eigenvalue weighted by Gasteiger charge is -2.10. The molecular weight excluding hydrogens is 406 g/mol. The maximum Gasteiger partial charge on any atom is 0.269 e. The Hall–Kier alpha value is -4.72. The lowest BCUT2D eigenvalue weighted by atomic mass is 10.0. The van der Waals surface area contributed by atoms with E-state index in [4.69, 9.17) is 10.1 Å². The van der Waals surface area contributed by atoms with Crippen LogP contribution in [0.1, 0.15) is 16.1 Å². The van der Waals surface area contributed by atoms with Crippen LogP contribution in [0.25, 0.3) is 28.3 Å². The Morgan fingerprint density at radius 2 is 1.41 bits per heavy atom. The topological polar surface area (TPSA) is 103 Å². The molecule has 5 rings (SSSR count). The summed E-state index contributed by atoms with van der Waals surface area (Å²) in [5.41, 5.74) is 3.43. The zero-order valence-electron chi connectivity index (χ0n) is 16.6. The zero-order valence-corrected chi connectivity index (χ0v) is 16.6. The van der Waals surface area contributed by atoms with Gasteiger partial charge in [-0.1, -0.05) is 60.7 Å². The molecule has 0 radical (unpaired) electrons. The summed E-state index contributed by atoms with van der Waals surface area (Å²) in [5.74, 6) is -0.0676. The Morgan fingerprint density at radius 1 is 0.812 bits per heavy atom. The molecule has 2 heterocycles. The van der Waals surface area contributed by atoms with E-state index in [1.54, 1.807) is 0 Å². The van der Waals surface area contributed by atoms with Crippen molar-refractivity contribution in [1.29, 1.82) is 0 Å². The number of non-ortho nitro benzene ring substituents is 1. The van der Waals surface area contributed by atoms with Gasteiger partial charge in [0.15, 0.2) is 0 Å². The van der Waals surface area contributed by atoms with E-state index in [1.807, 2.05) is 60.7 Å². The standard InChI is InChI=1S/C24H15N5O3/c30-23(18-11-13-19(14-12-18)29(31)32)20-15-25-24-26-21(16-7-3-1-4-8-16)22(27-28(20)24)17-9-5-2-6-10-17/h1-15H. The molecule has 0 N–H and O–H groups in total. The molecule has 0 aliphatic rings. The molecular formula is C24H15N5O3. The van der Waals surface area contributed by atoms with Crippen LogP contribution in [-0.2, 0) is 0 Å². The molecule has 0 aliphatic heterocycles. The molecule has 154 valence electrons. The van der Waals surface area contributed by atoms with Gasteiger partial charge in [-0.05, 0) is 12.1 Å². The Balaban J connectivity index is 1.67. The van der Waals surface area contributed by atoms with Crippen molar-refractivity contribution in [3.63, 3.8) is 0 Å². The van der Waals surface area contributed by atoms with Crippen molar-refractivity contribution >= 4 is 17.2 Å². The third-order valence-corrected chi connectivity index (χ3v) is 5.02. The second-order valence-electron chi connectivity index (χ2n) is 7.03. The molecule has 0 spiro atoms. The maximum atomic E-state index is 13.1. The van der Waals surface area contributed by atoms with Gasteiger partial charge in [0, 0.05) is 28.8 Å². The van der Waals surface area contributed by atoms with E-state index in [0.29, 0.717) is 17.0 Å². The van der Waals surface area contributed by atoms with Crippen molar-refractivity contribution in [3.05, 3.63) is 112 Å². The predicted molar refractivity (Wildman–Crippen MR) is 118 cm³/mol. The second kappa shape index (κ2) is 7.84. The highest BCUT2D eigenvalue weighted by molar-refractivity contribution is 6.08. The van der Waals surface area contributed by atoms with E-state index in [2.05, 4.69) is 4.98 Å². The smallest absolute Gasteiger partial charge is 0.269 e. The quantitative estimate of drug-likeness (QED) is 0.233. The predicted octanol–water partition coefficient (Wildman–Crippen LogP) is 4.60. The Labute approximate surface area is 182 Å². The summed E-state index contributed by atoms with van der Waals surface area (Å²) >= 11 is 0. The van der Waals surface area contributed by atoms with Crippen molar-refractivity contribution in [3.8, 4) is 22.5 Å². The van der Waals surface area contributed by atoms with Gasteiger partial charge in [0.2, 0.25) is 5.78 Å². The van der Waals surface area contributed by atoms with E-state index in [1.165, 1.54) is 35.0 Å². The number of hydrogen-bond donors (Lipinski definition) is 0. The van der Waals surface area contributed by atoms with Gasteiger partial charge in [-0.2, -0.15) is 9.61 Å². The number of nitrogens with zero attached hydrogens (tertiary/aromatic N) is 5. The zero-order chi connectivity index (χ0) is 22.1. The number of nitro benzene ring substituents is 1. The molecule has 5 aromatic rings. The van der Waals surface area contributed by atoms with Gasteiger partial charge in [-0.25, -0.2) is 9.97 Å². The normalized spacial score (nSPS) is 10.9. The minimum atomic E-state index is -0.509. The molecule has 0 atom stereocenters. The maximum absolute atomic E-state index is 13.1. The SMILES string of the molecule is O=C(c1ccc([N+](=O)[O-])cc1)c1cnc2nc(-c3ccccc3)c(-c3ccccc3)nn12. The number of nitro groups is 1. The molecule has 0 aliphatic carbocycles. The molecule has 32 heavy (non-hydrogen) atoms. The number of aromatic nitrogens is 4. The van der Waals surface area contributed by atoms with Gasteiger partial charge in [-0.15, -0.1) is 0 Å². The van der Waals surface area contributed by atoms with Crippen LogP contribution in [-0.4, -0.2) is 30.3 Å². The number of rotatable bonds is 5. The number of imidazole rings is 1. The van der Waals surface area contributed by atoms with Crippen LogP contribution >= 0.6 is 0 Å². The molecule has 0 saturated heterocycles. The lowest BCUT2D eigenvalue weighted by Crippen LogP contribution is -2.10. The molecule has 8 nitrogen and oxygen atoms in total. The largest absolute Gasteiger partial charge is 0.287 e. The molecule has 3 aromatic carbocycles. The van der Waals surface area contributed by atoms with Crippen LogP contribution in [0.5, 0.6) is 0 Å². The highest BCUT2D eigenvalue weighted by atomic mass is 16.6. The van der Waals surface area contributed by atoms with Gasteiger partial charge in [-0.3, -0.25) is 14.9 Å². The molecule has 0 bridgehead atoms. The first kappa shape index (κ1) is 19.3. The van der Waals surface area contributed by atoms with Crippen molar-refractivity contribution in [2.24, 2.45) is 0 Å². The summed E-state index contributed by atoms with van der Waals surface area (Å²) in [4.78, 5) is 32.5. The summed E-state index contributed by atoms with van der Waals surface area (Å²) in [5, 5.41) is 15.6. The van der Waals surface area contributed by atoms with Gasteiger partial charge < -0.3 is 0 Å². The summed E-state index contributed by atoms with van der Waals surface area (Å²) in [6.45, 7) is 0. The number of carbonyl (C=O) groups is 1. The first-order valence-corrected chi connectivity index (χ1v) is 9.77. The first-order valence-electron chi connectivity index (χ1n) is 9.77. The van der Waals surface area contributed by atoms with Gasteiger partial charge >= 0.3 is 0 Å². The van der Waals surface area contributed by atoms with Gasteiger partial charge in [0.25, 0.3) is 11.5 Å². The molecule has 0 saturated carbocycles. The van der Waals surface area contributed by atoms with Gasteiger partial charge in [0.05, 0.1) is 11.1 Å². The van der Waals surface area contributed by atoms with Crippen LogP contribution in [0.2, 0.25) is 0 Å². The second-order valence-corrected chi connectivity index (χ2v) is 7.03. The molecule has 2 aromatic heterocycles. The fourth-order valence-corrected chi connectivity index (χ4v) is 3.44. The highest BCUT2D eigenvalue weighted by Gasteiger charge is 2.20. The first-order chi connectivity index (χ1) is 15.6. The fourth-order valence-electron chi connectivity index (χ4n) is 3.44. The number of ketones is 1. The summed E-state index contributed by atoms with van der Waals surface area (Å²) in [6, 6.07) is 24.7. The highest BCUT2D eigenvalue weighted by Crippen LogP contribution is 2.29. The lowest BCUT2D eigenvalue weighted by molar-refractivity contribution is -0.384. The Morgan fingerprint density at radius 3 is 2.00 bits per heavy atom. The van der Waals surface area contributed by atoms with Crippen molar-refractivity contribution in [2.75, 3.05) is 0 Å². The molecule has 0 fully saturated rings. The van der Waals surface area contributed by atoms with Gasteiger partial charge in [0.1, 0.15) is 17.1 Å². The Kier molecular flexibility index (Phi) is 4.72. The Bertz CT molecular complexity index is 1450. The average Bonchev–Trinajstić information content (AvgIpc) is 3.27. The molecule has 8 heteroatoms.